The highest BCUT2D eigenvalue weighted by Crippen LogP contribution is 2.39. The van der Waals surface area contributed by atoms with Crippen LogP contribution in [0.5, 0.6) is 0 Å². The predicted molar refractivity (Wildman–Crippen MR) is 131 cm³/mol. The number of esters is 2. The van der Waals surface area contributed by atoms with Crippen molar-refractivity contribution in [3.63, 3.8) is 0 Å². The molecule has 0 heterocycles. The summed E-state index contributed by atoms with van der Waals surface area (Å²) in [6.45, 7) is 1.75. The number of methoxy groups -OCH3 is 1. The normalized spacial score (nSPS) is 13.3. The lowest BCUT2D eigenvalue weighted by molar-refractivity contribution is -0.160. The van der Waals surface area contributed by atoms with Gasteiger partial charge in [-0.1, -0.05) is 72.3 Å². The Balaban J connectivity index is 2.20. The highest BCUT2D eigenvalue weighted by Gasteiger charge is 2.53. The van der Waals surface area contributed by atoms with Gasteiger partial charge in [0.25, 0.3) is 0 Å². The first-order chi connectivity index (χ1) is 16.4. The molecule has 3 aromatic carbocycles. The lowest BCUT2D eigenvalue weighted by Gasteiger charge is -2.38. The van der Waals surface area contributed by atoms with Crippen LogP contribution in [0.3, 0.4) is 0 Å². The molecule has 34 heavy (non-hydrogen) atoms. The maximum Gasteiger partial charge on any atom is 0.337 e. The fourth-order valence-electron chi connectivity index (χ4n) is 3.88. The van der Waals surface area contributed by atoms with Crippen LogP contribution in [0.4, 0.5) is 5.69 Å². The molecule has 0 amide bonds. The molecule has 0 saturated heterocycles. The summed E-state index contributed by atoms with van der Waals surface area (Å²) in [4.78, 5) is 40.1. The van der Waals surface area contributed by atoms with Crippen LogP contribution in [0.2, 0.25) is 5.02 Å². The Morgan fingerprint density at radius 2 is 1.50 bits per heavy atom. The largest absolute Gasteiger partial charge is 0.467 e. The molecule has 1 N–H and O–H groups in total. The number of ether oxygens (including phenoxy) is 2. The van der Waals surface area contributed by atoms with Crippen LogP contribution < -0.4 is 5.32 Å². The van der Waals surface area contributed by atoms with Crippen molar-refractivity contribution in [1.29, 1.82) is 0 Å². The maximum atomic E-state index is 13.5. The number of hydrogen-bond acceptors (Lipinski definition) is 6. The molecule has 0 aliphatic carbocycles. The molecular weight excluding hydrogens is 454 g/mol. The van der Waals surface area contributed by atoms with Gasteiger partial charge in [-0.2, -0.15) is 0 Å². The van der Waals surface area contributed by atoms with Crippen LogP contribution in [-0.4, -0.2) is 31.4 Å². The summed E-state index contributed by atoms with van der Waals surface area (Å²) in [5.41, 5.74) is -0.355. The van der Waals surface area contributed by atoms with E-state index in [9.17, 15) is 14.4 Å². The first-order valence-corrected chi connectivity index (χ1v) is 11.2. The molecule has 0 aromatic heterocycles. The van der Waals surface area contributed by atoms with Crippen LogP contribution in [0, 0.1) is 5.92 Å². The Hall–Kier alpha value is -3.64. The highest BCUT2D eigenvalue weighted by molar-refractivity contribution is 6.30. The van der Waals surface area contributed by atoms with E-state index in [1.807, 2.05) is 0 Å². The molecule has 0 saturated carbocycles. The van der Waals surface area contributed by atoms with E-state index in [4.69, 9.17) is 21.1 Å². The van der Waals surface area contributed by atoms with E-state index >= 15 is 0 Å². The molecule has 0 spiro atoms. The van der Waals surface area contributed by atoms with Crippen molar-refractivity contribution in [2.24, 2.45) is 5.92 Å². The maximum absolute atomic E-state index is 13.5. The zero-order valence-electron chi connectivity index (χ0n) is 19.0. The fraction of sp³-hybridized carbons (Fsp3) is 0.222. The monoisotopic (exact) mass is 479 g/mol. The zero-order valence-corrected chi connectivity index (χ0v) is 19.7. The van der Waals surface area contributed by atoms with Gasteiger partial charge in [0.2, 0.25) is 0 Å². The summed E-state index contributed by atoms with van der Waals surface area (Å²) in [6, 6.07) is 24.0. The third-order valence-electron chi connectivity index (χ3n) is 5.50. The first kappa shape index (κ1) is 25.0. The highest BCUT2D eigenvalue weighted by atomic mass is 35.5. The Bertz CT molecular complexity index is 1120. The number of Topliss-reactive ketones (excluding diaryl/α,β-unsaturated/α-hetero) is 1. The van der Waals surface area contributed by atoms with E-state index in [-0.39, 0.29) is 18.8 Å². The molecule has 6 nitrogen and oxygen atoms in total. The van der Waals surface area contributed by atoms with Crippen LogP contribution in [0.1, 0.15) is 29.3 Å². The Morgan fingerprint density at radius 1 is 0.912 bits per heavy atom. The molecule has 3 aromatic rings. The molecular formula is C27H26ClNO5. The Kier molecular flexibility index (Phi) is 8.44. The summed E-state index contributed by atoms with van der Waals surface area (Å²) in [6.07, 6.45) is -0.284. The van der Waals surface area contributed by atoms with Gasteiger partial charge >= 0.3 is 11.9 Å². The SMILES string of the molecule is CCOC(=O)[C@@H](CC(=O)c1ccccc1)[C@](Nc1ccc(Cl)cc1)(C(=O)OC)c1ccccc1. The third kappa shape index (κ3) is 5.46. The molecule has 7 heteroatoms. The van der Waals surface area contributed by atoms with Gasteiger partial charge in [0.1, 0.15) is 5.92 Å². The van der Waals surface area contributed by atoms with Crippen molar-refractivity contribution in [2.75, 3.05) is 19.0 Å². The molecule has 0 aliphatic heterocycles. The van der Waals surface area contributed by atoms with Crippen molar-refractivity contribution in [3.8, 4) is 0 Å². The second kappa shape index (κ2) is 11.5. The lowest BCUT2D eigenvalue weighted by atomic mass is 9.74. The molecule has 2 atom stereocenters. The summed E-state index contributed by atoms with van der Waals surface area (Å²) < 4.78 is 10.6. The van der Waals surface area contributed by atoms with Crippen molar-refractivity contribution in [3.05, 3.63) is 101 Å². The van der Waals surface area contributed by atoms with Crippen molar-refractivity contribution in [1.82, 2.24) is 0 Å². The van der Waals surface area contributed by atoms with Gasteiger partial charge in [-0.15, -0.1) is 0 Å². The number of anilines is 1. The fourth-order valence-corrected chi connectivity index (χ4v) is 4.00. The van der Waals surface area contributed by atoms with Gasteiger partial charge in [-0.05, 0) is 36.8 Å². The molecule has 3 rings (SSSR count). The van der Waals surface area contributed by atoms with E-state index in [0.29, 0.717) is 21.8 Å². The van der Waals surface area contributed by atoms with E-state index in [2.05, 4.69) is 5.32 Å². The van der Waals surface area contributed by atoms with E-state index in [1.54, 1.807) is 91.9 Å². The summed E-state index contributed by atoms with van der Waals surface area (Å²) in [5, 5.41) is 3.71. The zero-order chi connectivity index (χ0) is 24.6. The van der Waals surface area contributed by atoms with Gasteiger partial charge in [-0.25, -0.2) is 4.79 Å². The average molecular weight is 480 g/mol. The van der Waals surface area contributed by atoms with Crippen molar-refractivity contribution >= 4 is 35.0 Å². The van der Waals surface area contributed by atoms with Crippen LogP contribution >= 0.6 is 11.6 Å². The average Bonchev–Trinajstić information content (AvgIpc) is 2.87. The van der Waals surface area contributed by atoms with E-state index < -0.39 is 23.4 Å². The minimum Gasteiger partial charge on any atom is -0.467 e. The predicted octanol–water partition coefficient (Wildman–Crippen LogP) is 5.27. The topological polar surface area (TPSA) is 81.7 Å². The number of hydrogen-bond donors (Lipinski definition) is 1. The van der Waals surface area contributed by atoms with E-state index in [1.165, 1.54) is 7.11 Å². The Morgan fingerprint density at radius 3 is 2.06 bits per heavy atom. The number of benzene rings is 3. The summed E-state index contributed by atoms with van der Waals surface area (Å²) in [7, 11) is 1.24. The smallest absolute Gasteiger partial charge is 0.337 e. The number of nitrogens with one attached hydrogen (secondary N) is 1. The standard InChI is InChI=1S/C27H26ClNO5/c1-3-34-25(31)23(18-24(30)19-10-6-4-7-11-19)27(26(32)33-2,20-12-8-5-9-13-20)29-22-16-14-21(28)15-17-22/h4-17,23,29H,3,18H2,1-2H3/t23-,27+/m1/s1. The van der Waals surface area contributed by atoms with Gasteiger partial charge in [0, 0.05) is 22.7 Å². The first-order valence-electron chi connectivity index (χ1n) is 10.8. The molecule has 176 valence electrons. The summed E-state index contributed by atoms with van der Waals surface area (Å²) in [5.74, 6) is -2.96. The number of ketones is 1. The molecule has 0 unspecified atom stereocenters. The van der Waals surface area contributed by atoms with Crippen molar-refractivity contribution in [2.45, 2.75) is 18.9 Å². The molecule has 0 bridgehead atoms. The lowest BCUT2D eigenvalue weighted by Crippen LogP contribution is -2.54. The molecule has 0 aliphatic rings. The van der Waals surface area contributed by atoms with Crippen molar-refractivity contribution < 1.29 is 23.9 Å². The number of carbonyl (C=O) groups is 3. The van der Waals surface area contributed by atoms with Gasteiger partial charge in [-0.3, -0.25) is 9.59 Å². The minimum atomic E-state index is -1.75. The quantitative estimate of drug-likeness (QED) is 0.315. The number of halogens is 1. The second-order valence-electron chi connectivity index (χ2n) is 7.60. The van der Waals surface area contributed by atoms with Gasteiger partial charge < -0.3 is 14.8 Å². The summed E-state index contributed by atoms with van der Waals surface area (Å²) >= 11 is 6.04. The Labute approximate surface area is 203 Å². The van der Waals surface area contributed by atoms with Crippen LogP contribution in [-0.2, 0) is 24.6 Å². The third-order valence-corrected chi connectivity index (χ3v) is 5.75. The molecule has 0 fully saturated rings. The second-order valence-corrected chi connectivity index (χ2v) is 8.03. The van der Waals surface area contributed by atoms with E-state index in [0.717, 1.165) is 0 Å². The van der Waals surface area contributed by atoms with Crippen LogP contribution in [0.15, 0.2) is 84.9 Å². The van der Waals surface area contributed by atoms with Gasteiger partial charge in [0.15, 0.2) is 11.3 Å². The minimum absolute atomic E-state index is 0.0852. The number of carbonyl (C=O) groups excluding carboxylic acids is 3. The number of rotatable bonds is 10. The molecule has 0 radical (unpaired) electrons. The van der Waals surface area contributed by atoms with Crippen LogP contribution in [0.25, 0.3) is 0 Å². The van der Waals surface area contributed by atoms with Gasteiger partial charge in [0.05, 0.1) is 13.7 Å².